The molecule has 1 aliphatic heterocycles. The summed E-state index contributed by atoms with van der Waals surface area (Å²) in [5, 5.41) is 6.58. The molecule has 1 saturated heterocycles. The first-order valence-corrected chi connectivity index (χ1v) is 9.87. The van der Waals surface area contributed by atoms with Crippen molar-refractivity contribution in [2.45, 2.75) is 45.1 Å². The number of para-hydroxylation sites is 1. The zero-order valence-corrected chi connectivity index (χ0v) is 17.2. The number of rotatable bonds is 9. The lowest BCUT2D eigenvalue weighted by molar-refractivity contribution is 0.0420. The number of hydrogen-bond donors (Lipinski definition) is 2. The van der Waals surface area contributed by atoms with Crippen LogP contribution in [0.15, 0.2) is 29.3 Å². The van der Waals surface area contributed by atoms with Crippen molar-refractivity contribution >= 4 is 5.96 Å². The highest BCUT2D eigenvalue weighted by molar-refractivity contribution is 5.79. The summed E-state index contributed by atoms with van der Waals surface area (Å²) in [6.45, 7) is 11.0. The fourth-order valence-electron chi connectivity index (χ4n) is 2.94. The second-order valence-corrected chi connectivity index (χ2v) is 7.73. The summed E-state index contributed by atoms with van der Waals surface area (Å²) in [5.74, 6) is 1.73. The van der Waals surface area contributed by atoms with Gasteiger partial charge in [-0.25, -0.2) is 0 Å². The van der Waals surface area contributed by atoms with Crippen LogP contribution in [0.25, 0.3) is 0 Å². The summed E-state index contributed by atoms with van der Waals surface area (Å²) in [4.78, 5) is 4.24. The third-order valence-electron chi connectivity index (χ3n) is 4.43. The number of benzene rings is 1. The molecule has 2 rings (SSSR count). The Morgan fingerprint density at radius 2 is 1.96 bits per heavy atom. The molecule has 0 aromatic heterocycles. The van der Waals surface area contributed by atoms with Gasteiger partial charge in [0.1, 0.15) is 12.4 Å². The van der Waals surface area contributed by atoms with E-state index in [-0.39, 0.29) is 11.5 Å². The molecule has 0 bridgehead atoms. The molecule has 6 nitrogen and oxygen atoms in total. The van der Waals surface area contributed by atoms with Crippen LogP contribution in [0.1, 0.15) is 39.2 Å². The average molecular weight is 378 g/mol. The van der Waals surface area contributed by atoms with Gasteiger partial charge in [0, 0.05) is 26.8 Å². The van der Waals surface area contributed by atoms with E-state index in [0.29, 0.717) is 13.2 Å². The van der Waals surface area contributed by atoms with Crippen LogP contribution in [0.4, 0.5) is 0 Å². The van der Waals surface area contributed by atoms with Gasteiger partial charge < -0.3 is 24.8 Å². The Morgan fingerprint density at radius 3 is 2.67 bits per heavy atom. The first-order chi connectivity index (χ1) is 13.0. The third kappa shape index (κ3) is 7.77. The van der Waals surface area contributed by atoms with Crippen molar-refractivity contribution in [1.82, 2.24) is 10.6 Å². The fraction of sp³-hybridized carbons (Fsp3) is 0.667. The second kappa shape index (κ2) is 11.1. The Morgan fingerprint density at radius 1 is 1.19 bits per heavy atom. The number of nitrogens with zero attached hydrogens (tertiary/aromatic N) is 1. The molecule has 1 fully saturated rings. The summed E-state index contributed by atoms with van der Waals surface area (Å²) < 4.78 is 17.0. The van der Waals surface area contributed by atoms with Gasteiger partial charge >= 0.3 is 0 Å². The van der Waals surface area contributed by atoms with E-state index < -0.39 is 0 Å². The topological polar surface area (TPSA) is 64.1 Å². The van der Waals surface area contributed by atoms with Crippen molar-refractivity contribution in [1.29, 1.82) is 0 Å². The van der Waals surface area contributed by atoms with Crippen LogP contribution in [0.3, 0.4) is 0 Å². The van der Waals surface area contributed by atoms with Crippen molar-refractivity contribution in [3.05, 3.63) is 29.8 Å². The highest BCUT2D eigenvalue weighted by Crippen LogP contribution is 2.30. The maximum absolute atomic E-state index is 5.98. The van der Waals surface area contributed by atoms with E-state index in [0.717, 1.165) is 50.9 Å². The third-order valence-corrected chi connectivity index (χ3v) is 4.43. The second-order valence-electron chi connectivity index (χ2n) is 7.73. The highest BCUT2D eigenvalue weighted by Gasteiger charge is 2.18. The molecule has 0 radical (unpaired) electrons. The smallest absolute Gasteiger partial charge is 0.191 e. The molecule has 1 heterocycles. The predicted octanol–water partition coefficient (Wildman–Crippen LogP) is 2.72. The molecule has 1 unspecified atom stereocenters. The van der Waals surface area contributed by atoms with Crippen molar-refractivity contribution in [3.63, 3.8) is 0 Å². The average Bonchev–Trinajstić information content (AvgIpc) is 3.16. The maximum Gasteiger partial charge on any atom is 0.191 e. The standard InChI is InChI=1S/C21H35N3O3/c1-21(2,3)18-8-5-6-9-19(18)27-15-12-24-20(22-4)23-11-7-13-26-17-10-14-25-16-17/h5-6,8-9,17H,7,10-16H2,1-4H3,(H2,22,23,24). The van der Waals surface area contributed by atoms with E-state index in [9.17, 15) is 0 Å². The lowest BCUT2D eigenvalue weighted by atomic mass is 9.86. The van der Waals surface area contributed by atoms with Crippen LogP contribution in [-0.4, -0.2) is 58.6 Å². The van der Waals surface area contributed by atoms with Crippen LogP contribution >= 0.6 is 0 Å². The van der Waals surface area contributed by atoms with Crippen molar-refractivity contribution < 1.29 is 14.2 Å². The minimum atomic E-state index is 0.0638. The van der Waals surface area contributed by atoms with Gasteiger partial charge in [0.2, 0.25) is 0 Å². The van der Waals surface area contributed by atoms with E-state index >= 15 is 0 Å². The Bertz CT molecular complexity index is 578. The monoisotopic (exact) mass is 377 g/mol. The molecule has 6 heteroatoms. The number of guanidine groups is 1. The lowest BCUT2D eigenvalue weighted by Crippen LogP contribution is -2.40. The van der Waals surface area contributed by atoms with Gasteiger partial charge in [0.25, 0.3) is 0 Å². The quantitative estimate of drug-likeness (QED) is 0.394. The normalized spacial score (nSPS) is 17.8. The fourth-order valence-corrected chi connectivity index (χ4v) is 2.94. The van der Waals surface area contributed by atoms with Crippen LogP contribution in [0.2, 0.25) is 0 Å². The Hall–Kier alpha value is -1.79. The molecule has 27 heavy (non-hydrogen) atoms. The number of hydrogen-bond acceptors (Lipinski definition) is 4. The molecule has 0 spiro atoms. The van der Waals surface area contributed by atoms with Crippen molar-refractivity contribution in [2.75, 3.05) is 46.6 Å². The molecular formula is C21H35N3O3. The van der Waals surface area contributed by atoms with Crippen LogP contribution in [0, 0.1) is 0 Å². The summed E-state index contributed by atoms with van der Waals surface area (Å²) in [7, 11) is 1.78. The van der Waals surface area contributed by atoms with E-state index in [2.05, 4.69) is 48.5 Å². The highest BCUT2D eigenvalue weighted by atomic mass is 16.5. The van der Waals surface area contributed by atoms with Crippen molar-refractivity contribution in [2.24, 2.45) is 4.99 Å². The minimum Gasteiger partial charge on any atom is -0.491 e. The number of ether oxygens (including phenoxy) is 3. The van der Waals surface area contributed by atoms with Crippen LogP contribution < -0.4 is 15.4 Å². The van der Waals surface area contributed by atoms with E-state index in [1.54, 1.807) is 7.05 Å². The zero-order valence-electron chi connectivity index (χ0n) is 17.2. The number of aliphatic imine (C=N–C) groups is 1. The molecule has 1 aromatic carbocycles. The van der Waals surface area contributed by atoms with E-state index in [1.165, 1.54) is 5.56 Å². The largest absolute Gasteiger partial charge is 0.491 e. The predicted molar refractivity (Wildman–Crippen MR) is 110 cm³/mol. The van der Waals surface area contributed by atoms with Gasteiger partial charge in [0.05, 0.1) is 19.3 Å². The summed E-state index contributed by atoms with van der Waals surface area (Å²) in [5.41, 5.74) is 1.29. The Kier molecular flexibility index (Phi) is 8.88. The Labute approximate surface area is 163 Å². The minimum absolute atomic E-state index is 0.0638. The summed E-state index contributed by atoms with van der Waals surface area (Å²) in [6.07, 6.45) is 2.22. The molecule has 2 N–H and O–H groups in total. The molecular weight excluding hydrogens is 342 g/mol. The van der Waals surface area contributed by atoms with Gasteiger partial charge in [-0.05, 0) is 29.9 Å². The molecule has 0 saturated carbocycles. The molecule has 1 atom stereocenters. The van der Waals surface area contributed by atoms with Gasteiger partial charge in [-0.15, -0.1) is 0 Å². The maximum atomic E-state index is 5.98. The molecule has 152 valence electrons. The lowest BCUT2D eigenvalue weighted by Gasteiger charge is -2.22. The van der Waals surface area contributed by atoms with Gasteiger partial charge in [-0.2, -0.15) is 0 Å². The number of nitrogens with one attached hydrogen (secondary N) is 2. The van der Waals surface area contributed by atoms with Crippen LogP contribution in [0.5, 0.6) is 5.75 Å². The first-order valence-electron chi connectivity index (χ1n) is 9.87. The van der Waals surface area contributed by atoms with Crippen LogP contribution in [-0.2, 0) is 14.9 Å². The zero-order chi connectivity index (χ0) is 19.5. The molecule has 0 amide bonds. The first kappa shape index (κ1) is 21.5. The van der Waals surface area contributed by atoms with E-state index in [1.807, 2.05) is 12.1 Å². The summed E-state index contributed by atoms with van der Waals surface area (Å²) >= 11 is 0. The summed E-state index contributed by atoms with van der Waals surface area (Å²) in [6, 6.07) is 8.23. The molecule has 1 aliphatic rings. The van der Waals surface area contributed by atoms with Gasteiger partial charge in [0.15, 0.2) is 5.96 Å². The SMILES string of the molecule is CN=C(NCCCOC1CCOC1)NCCOc1ccccc1C(C)(C)C. The molecule has 1 aromatic rings. The Balaban J connectivity index is 1.61. The van der Waals surface area contributed by atoms with Crippen molar-refractivity contribution in [3.8, 4) is 5.75 Å². The van der Waals surface area contributed by atoms with E-state index in [4.69, 9.17) is 14.2 Å². The van der Waals surface area contributed by atoms with Gasteiger partial charge in [-0.1, -0.05) is 39.0 Å². The molecule has 0 aliphatic carbocycles. The van der Waals surface area contributed by atoms with Gasteiger partial charge in [-0.3, -0.25) is 4.99 Å².